The lowest BCUT2D eigenvalue weighted by molar-refractivity contribution is -0.141. The van der Waals surface area contributed by atoms with Gasteiger partial charge in [0.1, 0.15) is 5.69 Å². The van der Waals surface area contributed by atoms with Crippen molar-refractivity contribution in [3.63, 3.8) is 0 Å². The van der Waals surface area contributed by atoms with Crippen LogP contribution < -0.4 is 0 Å². The monoisotopic (exact) mass is 422 g/mol. The maximum absolute atomic E-state index is 12.9. The molecule has 0 amide bonds. The van der Waals surface area contributed by atoms with Gasteiger partial charge in [0.2, 0.25) is 0 Å². The highest BCUT2D eigenvalue weighted by Gasteiger charge is 2.34. The molecule has 1 aliphatic carbocycles. The second-order valence-corrected chi connectivity index (χ2v) is 9.10. The Hall–Kier alpha value is -2.75. The summed E-state index contributed by atoms with van der Waals surface area (Å²) in [5.74, 6) is 0.389. The van der Waals surface area contributed by atoms with Crippen LogP contribution in [-0.4, -0.2) is 33.8 Å². The molecule has 4 rings (SSSR count). The number of pyridine rings is 1. The first-order valence-corrected chi connectivity index (χ1v) is 10.7. The van der Waals surface area contributed by atoms with Gasteiger partial charge >= 0.3 is 6.18 Å². The van der Waals surface area contributed by atoms with Crippen molar-refractivity contribution in [1.29, 1.82) is 0 Å². The van der Waals surface area contributed by atoms with Crippen LogP contribution in [0.3, 0.4) is 0 Å². The lowest BCUT2D eigenvalue weighted by Crippen LogP contribution is -2.08. The maximum Gasteiger partial charge on any atom is 0.435 e. The average Bonchev–Trinajstić information content (AvgIpc) is 3.41. The zero-order chi connectivity index (χ0) is 20.8. The Balaban J connectivity index is 1.82. The zero-order valence-electron chi connectivity index (χ0n) is 15.4. The molecule has 3 aromatic rings. The Kier molecular flexibility index (Phi) is 4.68. The van der Waals surface area contributed by atoms with E-state index in [1.807, 2.05) is 12.2 Å². The van der Waals surface area contributed by atoms with Crippen molar-refractivity contribution in [1.82, 2.24) is 19.6 Å². The summed E-state index contributed by atoms with van der Waals surface area (Å²) in [7, 11) is -3.63. The van der Waals surface area contributed by atoms with E-state index in [-0.39, 0.29) is 27.7 Å². The lowest BCUT2D eigenvalue weighted by atomic mass is 10.2. The number of fused-ring (bicyclic) bond motifs is 1. The predicted molar refractivity (Wildman–Crippen MR) is 101 cm³/mol. The number of allylic oxidation sites excluding steroid dienone is 1. The Morgan fingerprint density at radius 2 is 2.03 bits per heavy atom. The first-order valence-electron chi connectivity index (χ1n) is 9.02. The smallest absolute Gasteiger partial charge is 0.253 e. The summed E-state index contributed by atoms with van der Waals surface area (Å²) in [4.78, 5) is 8.44. The number of hydrogen-bond donors (Lipinski definition) is 0. The molecule has 1 saturated carbocycles. The molecule has 0 bridgehead atoms. The van der Waals surface area contributed by atoms with Gasteiger partial charge in [-0.05, 0) is 36.5 Å². The highest BCUT2D eigenvalue weighted by Crippen LogP contribution is 2.32. The minimum atomic E-state index is -4.60. The van der Waals surface area contributed by atoms with Gasteiger partial charge in [-0.15, -0.1) is 0 Å². The Morgan fingerprint density at radius 1 is 1.28 bits per heavy atom. The van der Waals surface area contributed by atoms with Gasteiger partial charge in [0, 0.05) is 18.5 Å². The third kappa shape index (κ3) is 4.02. The molecule has 152 valence electrons. The van der Waals surface area contributed by atoms with Crippen LogP contribution in [-0.2, 0) is 16.0 Å². The summed E-state index contributed by atoms with van der Waals surface area (Å²) in [6.45, 7) is 1.52. The molecule has 29 heavy (non-hydrogen) atoms. The average molecular weight is 422 g/mol. The largest absolute Gasteiger partial charge is 0.435 e. The summed E-state index contributed by atoms with van der Waals surface area (Å²) in [6, 6.07) is 3.74. The van der Waals surface area contributed by atoms with E-state index >= 15 is 0 Å². The second kappa shape index (κ2) is 6.94. The van der Waals surface area contributed by atoms with Gasteiger partial charge in [0.15, 0.2) is 21.2 Å². The molecular formula is C19H17F3N4O2S. The Labute approximate surface area is 165 Å². The van der Waals surface area contributed by atoms with E-state index in [0.29, 0.717) is 11.5 Å². The molecule has 0 spiro atoms. The first kappa shape index (κ1) is 19.6. The fourth-order valence-electron chi connectivity index (χ4n) is 2.82. The molecule has 0 atom stereocenters. The number of alkyl halides is 3. The van der Waals surface area contributed by atoms with E-state index in [1.54, 1.807) is 0 Å². The standard InChI is InChI=1S/C19H17F3N4O2S/c1-2-29(27,28)15-9-13(6-5-12-3-4-12)11-23-18(15)14-7-8-26-17(24-14)10-16(25-26)19(20,21)22/h5-12H,2-4H2,1H3. The number of sulfone groups is 1. The quantitative estimate of drug-likeness (QED) is 0.621. The van der Waals surface area contributed by atoms with Gasteiger partial charge in [0.05, 0.1) is 16.3 Å². The molecule has 10 heteroatoms. The van der Waals surface area contributed by atoms with Crippen LogP contribution in [0.15, 0.2) is 41.6 Å². The normalized spacial score (nSPS) is 15.4. The zero-order valence-corrected chi connectivity index (χ0v) is 16.2. The van der Waals surface area contributed by atoms with Gasteiger partial charge in [-0.2, -0.15) is 18.3 Å². The van der Waals surface area contributed by atoms with Gasteiger partial charge in [-0.25, -0.2) is 17.9 Å². The summed E-state index contributed by atoms with van der Waals surface area (Å²) in [5.41, 5.74) is -0.202. The molecule has 1 fully saturated rings. The van der Waals surface area contributed by atoms with Gasteiger partial charge in [-0.1, -0.05) is 19.1 Å². The summed E-state index contributed by atoms with van der Waals surface area (Å²) in [6.07, 6.45) is 4.35. The molecule has 0 saturated heterocycles. The third-order valence-electron chi connectivity index (χ3n) is 4.63. The van der Waals surface area contributed by atoms with E-state index < -0.39 is 21.7 Å². The summed E-state index contributed by atoms with van der Waals surface area (Å²) in [5, 5.41) is 3.45. The lowest BCUT2D eigenvalue weighted by Gasteiger charge is -2.09. The van der Waals surface area contributed by atoms with Crippen LogP contribution in [0, 0.1) is 5.92 Å². The fraction of sp³-hybridized carbons (Fsp3) is 0.316. The van der Waals surface area contributed by atoms with Gasteiger partial charge < -0.3 is 0 Å². The van der Waals surface area contributed by atoms with Crippen LogP contribution in [0.1, 0.15) is 31.0 Å². The van der Waals surface area contributed by atoms with Crippen molar-refractivity contribution in [3.8, 4) is 11.4 Å². The molecule has 0 aromatic carbocycles. The molecule has 0 radical (unpaired) electrons. The Bertz CT molecular complexity index is 1210. The number of halogens is 3. The fourth-order valence-corrected chi connectivity index (χ4v) is 3.90. The van der Waals surface area contributed by atoms with Crippen LogP contribution >= 0.6 is 0 Å². The number of aromatic nitrogens is 4. The molecular weight excluding hydrogens is 405 g/mol. The number of nitrogens with zero attached hydrogens (tertiary/aromatic N) is 4. The van der Waals surface area contributed by atoms with E-state index in [2.05, 4.69) is 15.1 Å². The van der Waals surface area contributed by atoms with E-state index in [4.69, 9.17) is 0 Å². The minimum Gasteiger partial charge on any atom is -0.253 e. The van der Waals surface area contributed by atoms with Crippen molar-refractivity contribution in [2.24, 2.45) is 5.92 Å². The second-order valence-electron chi connectivity index (χ2n) is 6.86. The van der Waals surface area contributed by atoms with Crippen molar-refractivity contribution in [2.45, 2.75) is 30.8 Å². The highest BCUT2D eigenvalue weighted by molar-refractivity contribution is 7.91. The number of rotatable bonds is 5. The molecule has 3 heterocycles. The Morgan fingerprint density at radius 3 is 2.69 bits per heavy atom. The SMILES string of the molecule is CCS(=O)(=O)c1cc(C=CC2CC2)cnc1-c1ccn2nc(C(F)(F)F)cc2n1. The molecule has 6 nitrogen and oxygen atoms in total. The van der Waals surface area contributed by atoms with Crippen molar-refractivity contribution >= 4 is 21.6 Å². The van der Waals surface area contributed by atoms with Gasteiger partial charge in [0.25, 0.3) is 0 Å². The van der Waals surface area contributed by atoms with Crippen LogP contribution in [0.2, 0.25) is 0 Å². The predicted octanol–water partition coefficient (Wildman–Crippen LogP) is 4.03. The summed E-state index contributed by atoms with van der Waals surface area (Å²) >= 11 is 0. The van der Waals surface area contributed by atoms with Crippen molar-refractivity contribution in [2.75, 3.05) is 5.75 Å². The number of hydrogen-bond acceptors (Lipinski definition) is 5. The maximum atomic E-state index is 12.9. The highest BCUT2D eigenvalue weighted by atomic mass is 32.2. The molecule has 0 aliphatic heterocycles. The third-order valence-corrected chi connectivity index (χ3v) is 6.37. The minimum absolute atomic E-state index is 0.00496. The van der Waals surface area contributed by atoms with E-state index in [0.717, 1.165) is 23.4 Å². The summed E-state index contributed by atoms with van der Waals surface area (Å²) < 4.78 is 64.9. The molecule has 1 aliphatic rings. The van der Waals surface area contributed by atoms with Crippen molar-refractivity contribution in [3.05, 3.63) is 47.9 Å². The van der Waals surface area contributed by atoms with E-state index in [1.165, 1.54) is 31.5 Å². The molecule has 3 aromatic heterocycles. The van der Waals surface area contributed by atoms with E-state index in [9.17, 15) is 21.6 Å². The first-order chi connectivity index (χ1) is 13.7. The topological polar surface area (TPSA) is 77.2 Å². The molecule has 0 unspecified atom stereocenters. The van der Waals surface area contributed by atoms with Gasteiger partial charge in [-0.3, -0.25) is 4.98 Å². The molecule has 0 N–H and O–H groups in total. The van der Waals surface area contributed by atoms with Crippen molar-refractivity contribution < 1.29 is 21.6 Å². The van der Waals surface area contributed by atoms with Crippen LogP contribution in [0.25, 0.3) is 23.1 Å². The van der Waals surface area contributed by atoms with Crippen LogP contribution in [0.5, 0.6) is 0 Å². The van der Waals surface area contributed by atoms with Crippen LogP contribution in [0.4, 0.5) is 13.2 Å².